The topological polar surface area (TPSA) is 101 Å². The average molecular weight is 428 g/mol. The normalized spacial score (nSPS) is 15.6. The number of nitro groups is 1. The van der Waals surface area contributed by atoms with Crippen LogP contribution in [-0.4, -0.2) is 60.4 Å². The van der Waals surface area contributed by atoms with Gasteiger partial charge < -0.3 is 4.90 Å². The van der Waals surface area contributed by atoms with Gasteiger partial charge in [-0.15, -0.1) is 23.1 Å². The van der Waals surface area contributed by atoms with Crippen LogP contribution in [0.25, 0.3) is 0 Å². The molecule has 0 spiro atoms. The minimum atomic E-state index is -3.83. The summed E-state index contributed by atoms with van der Waals surface area (Å²) in [5.74, 6) is 0.291. The molecule has 1 aromatic heterocycles. The number of non-ortho nitro benzene ring substituents is 1. The zero-order chi connectivity index (χ0) is 19.4. The Hall–Kier alpha value is -1.95. The SMILES string of the molecule is O=C(CSc1cccs1)N1CCN(S(=O)(=O)c2cccc([N+](=O)[O-])c2)CC1. The number of rotatable bonds is 6. The van der Waals surface area contributed by atoms with Crippen molar-refractivity contribution in [1.82, 2.24) is 9.21 Å². The zero-order valence-electron chi connectivity index (χ0n) is 14.2. The maximum Gasteiger partial charge on any atom is 0.270 e. The molecule has 1 aliphatic rings. The Bertz CT molecular complexity index is 923. The van der Waals surface area contributed by atoms with Crippen LogP contribution in [0.3, 0.4) is 0 Å². The van der Waals surface area contributed by atoms with Gasteiger partial charge in [-0.1, -0.05) is 12.1 Å². The number of sulfonamides is 1. The number of thiophene rings is 1. The van der Waals surface area contributed by atoms with E-state index in [0.29, 0.717) is 18.8 Å². The van der Waals surface area contributed by atoms with Crippen molar-refractivity contribution >= 4 is 44.7 Å². The van der Waals surface area contributed by atoms with Crippen LogP contribution >= 0.6 is 23.1 Å². The highest BCUT2D eigenvalue weighted by atomic mass is 32.2. The predicted octanol–water partition coefficient (Wildman–Crippen LogP) is 2.28. The molecule has 11 heteroatoms. The second-order valence-corrected chi connectivity index (χ2v) is 9.92. The molecule has 2 aromatic rings. The molecule has 27 heavy (non-hydrogen) atoms. The van der Waals surface area contributed by atoms with Crippen LogP contribution in [0.15, 0.2) is 50.9 Å². The number of carbonyl (C=O) groups excluding carboxylic acids is 1. The van der Waals surface area contributed by atoms with Gasteiger partial charge >= 0.3 is 0 Å². The maximum absolute atomic E-state index is 12.7. The number of nitro benzene ring substituents is 1. The minimum Gasteiger partial charge on any atom is -0.339 e. The Morgan fingerprint density at radius 1 is 1.19 bits per heavy atom. The number of hydrogen-bond donors (Lipinski definition) is 0. The van der Waals surface area contributed by atoms with Gasteiger partial charge in [0.15, 0.2) is 0 Å². The van der Waals surface area contributed by atoms with Crippen LogP contribution < -0.4 is 0 Å². The summed E-state index contributed by atoms with van der Waals surface area (Å²) in [5, 5.41) is 12.8. The molecule has 8 nitrogen and oxygen atoms in total. The molecule has 0 unspecified atom stereocenters. The molecule has 2 heterocycles. The molecule has 1 fully saturated rings. The van der Waals surface area contributed by atoms with E-state index in [4.69, 9.17) is 0 Å². The Morgan fingerprint density at radius 2 is 1.93 bits per heavy atom. The number of nitrogens with zero attached hydrogens (tertiary/aromatic N) is 3. The lowest BCUT2D eigenvalue weighted by atomic mass is 10.3. The molecular weight excluding hydrogens is 410 g/mol. The van der Waals surface area contributed by atoms with E-state index in [9.17, 15) is 23.3 Å². The van der Waals surface area contributed by atoms with E-state index in [1.807, 2.05) is 17.5 Å². The fourth-order valence-electron chi connectivity index (χ4n) is 2.65. The summed E-state index contributed by atoms with van der Waals surface area (Å²) in [4.78, 5) is 24.1. The zero-order valence-corrected chi connectivity index (χ0v) is 16.6. The first-order chi connectivity index (χ1) is 12.9. The standard InChI is InChI=1S/C16H17N3O5S3/c20-15(12-26-16-5-2-10-25-16)17-6-8-18(9-7-17)27(23,24)14-4-1-3-13(11-14)19(21)22/h1-5,10-11H,6-9,12H2. The Labute approximate surface area is 165 Å². The molecule has 0 N–H and O–H groups in total. The lowest BCUT2D eigenvalue weighted by Crippen LogP contribution is -2.50. The van der Waals surface area contributed by atoms with Gasteiger partial charge in [0.05, 0.1) is 19.8 Å². The van der Waals surface area contributed by atoms with Crippen LogP contribution in [-0.2, 0) is 14.8 Å². The molecule has 144 valence electrons. The van der Waals surface area contributed by atoms with Crippen LogP contribution in [0.4, 0.5) is 5.69 Å². The number of benzene rings is 1. The van der Waals surface area contributed by atoms with Crippen LogP contribution in [0.1, 0.15) is 0 Å². The fourth-order valence-corrected chi connectivity index (χ4v) is 5.80. The van der Waals surface area contributed by atoms with Crippen molar-refractivity contribution in [1.29, 1.82) is 0 Å². The highest BCUT2D eigenvalue weighted by Crippen LogP contribution is 2.25. The minimum absolute atomic E-state index is 0.0270. The van der Waals surface area contributed by atoms with Gasteiger partial charge in [0, 0.05) is 38.3 Å². The number of carbonyl (C=O) groups is 1. The summed E-state index contributed by atoms with van der Waals surface area (Å²) in [6, 6.07) is 8.89. The van der Waals surface area contributed by atoms with E-state index >= 15 is 0 Å². The van der Waals surface area contributed by atoms with Gasteiger partial charge in [0.25, 0.3) is 5.69 Å². The van der Waals surface area contributed by atoms with Gasteiger partial charge in [-0.05, 0) is 17.5 Å². The van der Waals surface area contributed by atoms with E-state index in [0.717, 1.165) is 10.3 Å². The molecule has 1 aromatic carbocycles. The summed E-state index contributed by atoms with van der Waals surface area (Å²) in [6.45, 7) is 0.941. The first-order valence-electron chi connectivity index (χ1n) is 8.06. The van der Waals surface area contributed by atoms with Gasteiger partial charge in [0.1, 0.15) is 0 Å². The Balaban J connectivity index is 1.60. The summed E-state index contributed by atoms with van der Waals surface area (Å²) >= 11 is 3.04. The molecule has 3 rings (SSSR count). The third kappa shape index (κ3) is 4.67. The van der Waals surface area contributed by atoms with E-state index in [1.54, 1.807) is 16.2 Å². The van der Waals surface area contributed by atoms with Gasteiger partial charge in [0.2, 0.25) is 15.9 Å². The van der Waals surface area contributed by atoms with Crippen molar-refractivity contribution < 1.29 is 18.1 Å². The van der Waals surface area contributed by atoms with Crippen LogP contribution in [0, 0.1) is 10.1 Å². The van der Waals surface area contributed by atoms with Gasteiger partial charge in [-0.2, -0.15) is 4.31 Å². The quantitative estimate of drug-likeness (QED) is 0.398. The lowest BCUT2D eigenvalue weighted by Gasteiger charge is -2.34. The molecule has 1 amide bonds. The first-order valence-corrected chi connectivity index (χ1v) is 11.4. The number of thioether (sulfide) groups is 1. The van der Waals surface area contributed by atoms with Crippen molar-refractivity contribution in [2.24, 2.45) is 0 Å². The second-order valence-electron chi connectivity index (χ2n) is 5.76. The Kier molecular flexibility index (Phi) is 6.15. The monoisotopic (exact) mass is 427 g/mol. The largest absolute Gasteiger partial charge is 0.339 e. The van der Waals surface area contributed by atoms with Crippen LogP contribution in [0.5, 0.6) is 0 Å². The molecule has 0 bridgehead atoms. The molecule has 0 atom stereocenters. The molecule has 1 aliphatic heterocycles. The molecule has 0 aliphatic carbocycles. The van der Waals surface area contributed by atoms with E-state index in [2.05, 4.69) is 0 Å². The van der Waals surface area contributed by atoms with Gasteiger partial charge in [-0.3, -0.25) is 14.9 Å². The second kappa shape index (κ2) is 8.38. The fraction of sp³-hybridized carbons (Fsp3) is 0.312. The van der Waals surface area contributed by atoms with E-state index in [1.165, 1.54) is 34.3 Å². The number of piperazine rings is 1. The molecule has 0 saturated carbocycles. The highest BCUT2D eigenvalue weighted by molar-refractivity contribution is 8.01. The van der Waals surface area contributed by atoms with E-state index in [-0.39, 0.29) is 29.6 Å². The summed E-state index contributed by atoms with van der Waals surface area (Å²) in [5.41, 5.74) is -0.268. The summed E-state index contributed by atoms with van der Waals surface area (Å²) in [7, 11) is -3.83. The maximum atomic E-state index is 12.7. The van der Waals surface area contributed by atoms with Crippen molar-refractivity contribution in [3.05, 3.63) is 51.9 Å². The predicted molar refractivity (Wildman–Crippen MR) is 103 cm³/mol. The van der Waals surface area contributed by atoms with Crippen molar-refractivity contribution in [2.75, 3.05) is 31.9 Å². The molecule has 1 saturated heterocycles. The number of amides is 1. The third-order valence-corrected chi connectivity index (χ3v) is 8.10. The average Bonchev–Trinajstić information content (AvgIpc) is 3.20. The smallest absolute Gasteiger partial charge is 0.270 e. The summed E-state index contributed by atoms with van der Waals surface area (Å²) < 4.78 is 27.8. The van der Waals surface area contributed by atoms with Crippen LogP contribution in [0.2, 0.25) is 0 Å². The third-order valence-electron chi connectivity index (χ3n) is 4.09. The Morgan fingerprint density at radius 3 is 2.56 bits per heavy atom. The summed E-state index contributed by atoms with van der Waals surface area (Å²) in [6.07, 6.45) is 0. The van der Waals surface area contributed by atoms with Crippen molar-refractivity contribution in [2.45, 2.75) is 9.10 Å². The highest BCUT2D eigenvalue weighted by Gasteiger charge is 2.30. The molecule has 0 radical (unpaired) electrons. The lowest BCUT2D eigenvalue weighted by molar-refractivity contribution is -0.385. The first kappa shape index (κ1) is 19.8. The van der Waals surface area contributed by atoms with Gasteiger partial charge in [-0.25, -0.2) is 8.42 Å². The molecular formula is C16H17N3O5S3. The number of hydrogen-bond acceptors (Lipinski definition) is 7. The van der Waals surface area contributed by atoms with E-state index < -0.39 is 14.9 Å². The van der Waals surface area contributed by atoms with Crippen molar-refractivity contribution in [3.8, 4) is 0 Å². The van der Waals surface area contributed by atoms with Crippen molar-refractivity contribution in [3.63, 3.8) is 0 Å².